The molecular formula is C11H10N2O. The van der Waals surface area contributed by atoms with Gasteiger partial charge < -0.3 is 4.57 Å². The molecule has 0 aliphatic heterocycles. The first-order chi connectivity index (χ1) is 6.77. The third-order valence-electron chi connectivity index (χ3n) is 1.97. The number of aryl methyl sites for hydroxylation is 1. The molecule has 1 heterocycles. The van der Waals surface area contributed by atoms with E-state index < -0.39 is 0 Å². The fraction of sp³-hybridized carbons (Fsp3) is 0.0909. The lowest BCUT2D eigenvalue weighted by molar-refractivity contribution is 0.103. The van der Waals surface area contributed by atoms with Crippen LogP contribution in [0.5, 0.6) is 0 Å². The SMILES string of the molecule is Cn1cnc(C(=O)c2ccccc2)c1. The summed E-state index contributed by atoms with van der Waals surface area (Å²) in [4.78, 5) is 15.8. The van der Waals surface area contributed by atoms with E-state index in [-0.39, 0.29) is 5.78 Å². The highest BCUT2D eigenvalue weighted by Gasteiger charge is 2.10. The van der Waals surface area contributed by atoms with Crippen molar-refractivity contribution in [2.75, 3.05) is 0 Å². The van der Waals surface area contributed by atoms with Gasteiger partial charge in [-0.25, -0.2) is 4.98 Å². The molecular weight excluding hydrogens is 176 g/mol. The average Bonchev–Trinajstić information content (AvgIpc) is 2.65. The van der Waals surface area contributed by atoms with Crippen molar-refractivity contribution in [1.29, 1.82) is 0 Å². The maximum atomic E-state index is 11.8. The summed E-state index contributed by atoms with van der Waals surface area (Å²) >= 11 is 0. The minimum atomic E-state index is -0.0359. The third kappa shape index (κ3) is 1.57. The van der Waals surface area contributed by atoms with E-state index in [9.17, 15) is 4.79 Å². The molecule has 0 fully saturated rings. The number of rotatable bonds is 2. The first kappa shape index (κ1) is 8.69. The van der Waals surface area contributed by atoms with Gasteiger partial charge in [-0.05, 0) is 0 Å². The van der Waals surface area contributed by atoms with Crippen LogP contribution in [0, 0.1) is 0 Å². The van der Waals surface area contributed by atoms with Crippen LogP contribution in [-0.2, 0) is 7.05 Å². The number of ketones is 1. The zero-order chi connectivity index (χ0) is 9.97. The second kappa shape index (κ2) is 3.46. The maximum absolute atomic E-state index is 11.8. The first-order valence-corrected chi connectivity index (χ1v) is 4.35. The summed E-state index contributed by atoms with van der Waals surface area (Å²) in [7, 11) is 1.84. The zero-order valence-corrected chi connectivity index (χ0v) is 7.84. The van der Waals surface area contributed by atoms with E-state index >= 15 is 0 Å². The predicted molar refractivity (Wildman–Crippen MR) is 53.1 cm³/mol. The van der Waals surface area contributed by atoms with E-state index in [2.05, 4.69) is 4.98 Å². The van der Waals surface area contributed by atoms with Gasteiger partial charge in [-0.1, -0.05) is 30.3 Å². The van der Waals surface area contributed by atoms with E-state index in [0.717, 1.165) is 0 Å². The van der Waals surface area contributed by atoms with Crippen LogP contribution in [0.1, 0.15) is 16.1 Å². The lowest BCUT2D eigenvalue weighted by atomic mass is 10.1. The number of carbonyl (C=O) groups is 1. The topological polar surface area (TPSA) is 34.9 Å². The van der Waals surface area contributed by atoms with Crippen molar-refractivity contribution in [3.63, 3.8) is 0 Å². The van der Waals surface area contributed by atoms with E-state index in [1.807, 2.05) is 25.2 Å². The Bertz CT molecular complexity index is 445. The average molecular weight is 186 g/mol. The van der Waals surface area contributed by atoms with Crippen molar-refractivity contribution in [2.45, 2.75) is 0 Å². The number of carbonyl (C=O) groups excluding carboxylic acids is 1. The molecule has 0 radical (unpaired) electrons. The van der Waals surface area contributed by atoms with Gasteiger partial charge in [0.05, 0.1) is 6.33 Å². The number of aromatic nitrogens is 2. The van der Waals surface area contributed by atoms with E-state index in [1.165, 1.54) is 0 Å². The van der Waals surface area contributed by atoms with Gasteiger partial charge in [0.2, 0.25) is 5.78 Å². The summed E-state index contributed by atoms with van der Waals surface area (Å²) in [6.07, 6.45) is 3.34. The minimum Gasteiger partial charge on any atom is -0.340 e. The summed E-state index contributed by atoms with van der Waals surface area (Å²) in [6, 6.07) is 9.15. The lowest BCUT2D eigenvalue weighted by Crippen LogP contribution is -2.00. The summed E-state index contributed by atoms with van der Waals surface area (Å²) < 4.78 is 1.76. The molecule has 0 saturated carbocycles. The number of imidazole rings is 1. The van der Waals surface area contributed by atoms with Crippen LogP contribution in [0.25, 0.3) is 0 Å². The molecule has 0 atom stereocenters. The van der Waals surface area contributed by atoms with Crippen molar-refractivity contribution in [1.82, 2.24) is 9.55 Å². The third-order valence-corrected chi connectivity index (χ3v) is 1.97. The van der Waals surface area contributed by atoms with Crippen LogP contribution in [-0.4, -0.2) is 15.3 Å². The van der Waals surface area contributed by atoms with Crippen molar-refractivity contribution < 1.29 is 4.79 Å². The van der Waals surface area contributed by atoms with Gasteiger partial charge in [0.25, 0.3) is 0 Å². The van der Waals surface area contributed by atoms with Crippen molar-refractivity contribution in [3.8, 4) is 0 Å². The highest BCUT2D eigenvalue weighted by molar-refractivity contribution is 6.07. The van der Waals surface area contributed by atoms with Crippen molar-refractivity contribution in [2.24, 2.45) is 7.05 Å². The Morgan fingerprint density at radius 3 is 2.57 bits per heavy atom. The van der Waals surface area contributed by atoms with E-state index in [1.54, 1.807) is 29.2 Å². The number of benzene rings is 1. The molecule has 0 saturated heterocycles. The number of hydrogen-bond donors (Lipinski definition) is 0. The Balaban J connectivity index is 2.34. The van der Waals surface area contributed by atoms with Crippen LogP contribution in [0.3, 0.4) is 0 Å². The highest BCUT2D eigenvalue weighted by atomic mass is 16.1. The maximum Gasteiger partial charge on any atom is 0.212 e. The molecule has 70 valence electrons. The largest absolute Gasteiger partial charge is 0.340 e. The van der Waals surface area contributed by atoms with Crippen LogP contribution >= 0.6 is 0 Å². The van der Waals surface area contributed by atoms with Crippen molar-refractivity contribution in [3.05, 3.63) is 54.1 Å². The summed E-state index contributed by atoms with van der Waals surface area (Å²) in [5.74, 6) is -0.0359. The lowest BCUT2D eigenvalue weighted by Gasteiger charge is -1.95. The fourth-order valence-electron chi connectivity index (χ4n) is 1.27. The Hall–Kier alpha value is -1.90. The second-order valence-electron chi connectivity index (χ2n) is 3.12. The van der Waals surface area contributed by atoms with Gasteiger partial charge in [-0.3, -0.25) is 4.79 Å². The summed E-state index contributed by atoms with van der Waals surface area (Å²) in [5.41, 5.74) is 1.16. The van der Waals surface area contributed by atoms with Gasteiger partial charge in [0, 0.05) is 18.8 Å². The molecule has 2 aromatic rings. The molecule has 0 amide bonds. The molecule has 0 N–H and O–H groups in total. The molecule has 0 bridgehead atoms. The van der Waals surface area contributed by atoms with Crippen LogP contribution < -0.4 is 0 Å². The van der Waals surface area contributed by atoms with Crippen molar-refractivity contribution >= 4 is 5.78 Å². The van der Waals surface area contributed by atoms with Gasteiger partial charge >= 0.3 is 0 Å². The molecule has 0 unspecified atom stereocenters. The molecule has 0 aliphatic rings. The smallest absolute Gasteiger partial charge is 0.212 e. The molecule has 1 aromatic heterocycles. The molecule has 0 spiro atoms. The second-order valence-corrected chi connectivity index (χ2v) is 3.12. The monoisotopic (exact) mass is 186 g/mol. The molecule has 3 nitrogen and oxygen atoms in total. The number of nitrogens with zero attached hydrogens (tertiary/aromatic N) is 2. The molecule has 14 heavy (non-hydrogen) atoms. The fourth-order valence-corrected chi connectivity index (χ4v) is 1.27. The molecule has 1 aromatic carbocycles. The minimum absolute atomic E-state index is 0.0359. The van der Waals surface area contributed by atoms with Gasteiger partial charge in [0.15, 0.2) is 0 Å². The van der Waals surface area contributed by atoms with E-state index in [4.69, 9.17) is 0 Å². The van der Waals surface area contributed by atoms with Crippen LogP contribution in [0.15, 0.2) is 42.9 Å². The zero-order valence-electron chi connectivity index (χ0n) is 7.84. The quantitative estimate of drug-likeness (QED) is 0.668. The first-order valence-electron chi connectivity index (χ1n) is 4.35. The Kier molecular flexibility index (Phi) is 2.14. The highest BCUT2D eigenvalue weighted by Crippen LogP contribution is 2.06. The van der Waals surface area contributed by atoms with Crippen LogP contribution in [0.4, 0.5) is 0 Å². The molecule has 2 rings (SSSR count). The molecule has 0 aliphatic carbocycles. The predicted octanol–water partition coefficient (Wildman–Crippen LogP) is 1.65. The van der Waals surface area contributed by atoms with E-state index in [0.29, 0.717) is 11.3 Å². The Morgan fingerprint density at radius 1 is 1.29 bits per heavy atom. The normalized spacial score (nSPS) is 10.1. The summed E-state index contributed by atoms with van der Waals surface area (Å²) in [5, 5.41) is 0. The van der Waals surface area contributed by atoms with Gasteiger partial charge in [0.1, 0.15) is 5.69 Å². The van der Waals surface area contributed by atoms with Crippen LogP contribution in [0.2, 0.25) is 0 Å². The standard InChI is InChI=1S/C11H10N2O/c1-13-7-10(12-8-13)11(14)9-5-3-2-4-6-9/h2-8H,1H3. The Morgan fingerprint density at radius 2 is 2.00 bits per heavy atom. The van der Waals surface area contributed by atoms with Gasteiger partial charge in [-0.15, -0.1) is 0 Å². The summed E-state index contributed by atoms with van der Waals surface area (Å²) in [6.45, 7) is 0. The Labute approximate surface area is 82.0 Å². The number of hydrogen-bond acceptors (Lipinski definition) is 2. The molecule has 3 heteroatoms. The van der Waals surface area contributed by atoms with Gasteiger partial charge in [-0.2, -0.15) is 0 Å².